The summed E-state index contributed by atoms with van der Waals surface area (Å²) in [5.74, 6) is 1.26. The van der Waals surface area contributed by atoms with Crippen LogP contribution >= 0.6 is 0 Å². The number of fused-ring (bicyclic) bond motifs is 2. The van der Waals surface area contributed by atoms with Gasteiger partial charge in [0, 0.05) is 34.4 Å². The maximum absolute atomic E-state index is 11.5. The normalized spacial score (nSPS) is 24.4. The van der Waals surface area contributed by atoms with Gasteiger partial charge >= 0.3 is 0 Å². The van der Waals surface area contributed by atoms with Gasteiger partial charge in [0.25, 0.3) is 5.56 Å². The Labute approximate surface area is 88.4 Å². The van der Waals surface area contributed by atoms with Crippen molar-refractivity contribution in [2.24, 2.45) is 0 Å². The van der Waals surface area contributed by atoms with E-state index in [0.29, 0.717) is 12.3 Å². The van der Waals surface area contributed by atoms with E-state index in [9.17, 15) is 9.00 Å². The second-order valence-corrected chi connectivity index (χ2v) is 5.36. The molecule has 0 spiro atoms. The van der Waals surface area contributed by atoms with Gasteiger partial charge in [0.05, 0.1) is 17.0 Å². The maximum atomic E-state index is 11.5. The molecule has 3 rings (SSSR count). The molecule has 1 aromatic rings. The minimum absolute atomic E-state index is 0.0830. The molecule has 0 fully saturated rings. The van der Waals surface area contributed by atoms with Gasteiger partial charge < -0.3 is 5.32 Å². The van der Waals surface area contributed by atoms with Crippen LogP contribution in [0, 0.1) is 0 Å². The quantitative estimate of drug-likeness (QED) is 0.566. The first-order valence-electron chi connectivity index (χ1n) is 4.86. The predicted octanol–water partition coefficient (Wildman–Crippen LogP) is -0.330. The molecule has 3 N–H and O–H groups in total. The zero-order chi connectivity index (χ0) is 10.4. The summed E-state index contributed by atoms with van der Waals surface area (Å²) in [6.45, 7) is 0.569. The summed E-state index contributed by atoms with van der Waals surface area (Å²) in [6, 6.07) is 0. The van der Waals surface area contributed by atoms with Gasteiger partial charge in [0.1, 0.15) is 0 Å². The van der Waals surface area contributed by atoms with Crippen molar-refractivity contribution in [3.05, 3.63) is 27.3 Å². The fourth-order valence-corrected chi connectivity index (χ4v) is 3.33. The van der Waals surface area contributed by atoms with E-state index >= 15 is 0 Å². The number of hydrogen-bond acceptors (Lipinski definition) is 3. The Balaban J connectivity index is 2.17. The number of rotatable bonds is 0. The van der Waals surface area contributed by atoms with Crippen LogP contribution in [-0.2, 0) is 17.3 Å². The van der Waals surface area contributed by atoms with Gasteiger partial charge in [-0.05, 0) is 6.42 Å². The van der Waals surface area contributed by atoms with Crippen LogP contribution in [0.2, 0.25) is 0 Å². The standard InChI is InChI=1S/C9H11N3O2S/c13-9-5-3-10-7-1-2-15(14)4-6(7)8(5)11-12-9/h10H,1-4H2,(H2,11,12,13). The lowest BCUT2D eigenvalue weighted by molar-refractivity contribution is 0.677. The fourth-order valence-electron chi connectivity index (χ4n) is 2.11. The van der Waals surface area contributed by atoms with Crippen molar-refractivity contribution in [3.63, 3.8) is 0 Å². The topological polar surface area (TPSA) is 77.8 Å². The molecule has 6 heteroatoms. The van der Waals surface area contributed by atoms with E-state index in [2.05, 4.69) is 15.5 Å². The Bertz CT molecular complexity index is 526. The van der Waals surface area contributed by atoms with E-state index in [1.54, 1.807) is 0 Å². The summed E-state index contributed by atoms with van der Waals surface area (Å²) in [4.78, 5) is 11.4. The number of nitrogens with one attached hydrogen (secondary N) is 3. The predicted molar refractivity (Wildman–Crippen MR) is 57.7 cm³/mol. The van der Waals surface area contributed by atoms with Gasteiger partial charge in [-0.1, -0.05) is 0 Å². The average Bonchev–Trinajstić information content (AvgIpc) is 2.61. The molecule has 0 radical (unpaired) electrons. The highest BCUT2D eigenvalue weighted by Crippen LogP contribution is 2.28. The first-order valence-corrected chi connectivity index (χ1v) is 6.35. The van der Waals surface area contributed by atoms with E-state index in [0.717, 1.165) is 34.7 Å². The summed E-state index contributed by atoms with van der Waals surface area (Å²) in [5, 5.41) is 8.68. The maximum Gasteiger partial charge on any atom is 0.269 e. The molecule has 3 heterocycles. The summed E-state index contributed by atoms with van der Waals surface area (Å²) >= 11 is 0. The van der Waals surface area contributed by atoms with Crippen molar-refractivity contribution in [3.8, 4) is 0 Å². The third-order valence-corrected chi connectivity index (χ3v) is 4.18. The van der Waals surface area contributed by atoms with Crippen molar-refractivity contribution < 1.29 is 4.21 Å². The highest BCUT2D eigenvalue weighted by atomic mass is 32.2. The monoisotopic (exact) mass is 225 g/mol. The fraction of sp³-hybridized carbons (Fsp3) is 0.444. The number of H-pyrrole nitrogens is 2. The Morgan fingerprint density at radius 1 is 1.27 bits per heavy atom. The molecule has 15 heavy (non-hydrogen) atoms. The molecule has 80 valence electrons. The van der Waals surface area contributed by atoms with Crippen LogP contribution in [0.15, 0.2) is 10.5 Å². The SMILES string of the molecule is O=c1[nH][nH]c2c1CNC1=C2CS(=O)CC1. The zero-order valence-electron chi connectivity index (χ0n) is 8.05. The second-order valence-electron chi connectivity index (χ2n) is 3.78. The minimum atomic E-state index is -0.790. The van der Waals surface area contributed by atoms with Crippen LogP contribution in [0.5, 0.6) is 0 Å². The van der Waals surface area contributed by atoms with Gasteiger partial charge in [-0.2, -0.15) is 0 Å². The van der Waals surface area contributed by atoms with Crippen LogP contribution in [0.1, 0.15) is 17.7 Å². The van der Waals surface area contributed by atoms with Crippen LogP contribution in [0.3, 0.4) is 0 Å². The number of aromatic nitrogens is 2. The Hall–Kier alpha value is -1.30. The summed E-state index contributed by atoms with van der Waals surface area (Å²) in [7, 11) is -0.790. The molecular weight excluding hydrogens is 214 g/mol. The minimum Gasteiger partial charge on any atom is -0.384 e. The molecule has 0 bridgehead atoms. The smallest absolute Gasteiger partial charge is 0.269 e. The summed E-state index contributed by atoms with van der Waals surface area (Å²) < 4.78 is 11.5. The molecule has 5 nitrogen and oxygen atoms in total. The summed E-state index contributed by atoms with van der Waals surface area (Å²) in [6.07, 6.45) is 0.814. The van der Waals surface area contributed by atoms with Crippen molar-refractivity contribution in [1.82, 2.24) is 15.5 Å². The van der Waals surface area contributed by atoms with Crippen LogP contribution in [0.4, 0.5) is 0 Å². The molecule has 1 aromatic heterocycles. The van der Waals surface area contributed by atoms with Crippen molar-refractivity contribution in [1.29, 1.82) is 0 Å². The number of allylic oxidation sites excluding steroid dienone is 1. The van der Waals surface area contributed by atoms with E-state index in [1.165, 1.54) is 0 Å². The van der Waals surface area contributed by atoms with Gasteiger partial charge in [-0.3, -0.25) is 19.2 Å². The first-order chi connectivity index (χ1) is 7.25. The molecule has 0 amide bonds. The molecule has 0 saturated heterocycles. The van der Waals surface area contributed by atoms with Crippen molar-refractivity contribution in [2.45, 2.75) is 13.0 Å². The molecule has 1 unspecified atom stereocenters. The number of hydrogen-bond donors (Lipinski definition) is 3. The molecule has 2 aliphatic heterocycles. The lowest BCUT2D eigenvalue weighted by Gasteiger charge is -2.25. The van der Waals surface area contributed by atoms with Gasteiger partial charge in [-0.15, -0.1) is 0 Å². The van der Waals surface area contributed by atoms with Crippen molar-refractivity contribution in [2.75, 3.05) is 11.5 Å². The number of aromatic amines is 2. The van der Waals surface area contributed by atoms with Gasteiger partial charge in [-0.25, -0.2) is 0 Å². The lowest BCUT2D eigenvalue weighted by atomic mass is 10.0. The van der Waals surface area contributed by atoms with E-state index in [-0.39, 0.29) is 5.56 Å². The van der Waals surface area contributed by atoms with Crippen molar-refractivity contribution >= 4 is 16.4 Å². The highest BCUT2D eigenvalue weighted by Gasteiger charge is 2.26. The average molecular weight is 225 g/mol. The molecule has 1 atom stereocenters. The van der Waals surface area contributed by atoms with Crippen LogP contribution in [-0.4, -0.2) is 25.9 Å². The van der Waals surface area contributed by atoms with Crippen LogP contribution in [0.25, 0.3) is 5.57 Å². The largest absolute Gasteiger partial charge is 0.384 e. The zero-order valence-corrected chi connectivity index (χ0v) is 8.87. The third kappa shape index (κ3) is 1.28. The van der Waals surface area contributed by atoms with E-state index in [1.807, 2.05) is 0 Å². The Kier molecular flexibility index (Phi) is 1.85. The first kappa shape index (κ1) is 8.96. The Morgan fingerprint density at radius 2 is 2.13 bits per heavy atom. The molecule has 2 aliphatic rings. The summed E-state index contributed by atoms with van der Waals surface area (Å²) in [5.41, 5.74) is 3.64. The molecule has 0 saturated carbocycles. The van der Waals surface area contributed by atoms with E-state index < -0.39 is 10.8 Å². The van der Waals surface area contributed by atoms with Gasteiger partial charge in [0.2, 0.25) is 0 Å². The third-order valence-electron chi connectivity index (χ3n) is 2.91. The van der Waals surface area contributed by atoms with Crippen LogP contribution < -0.4 is 10.9 Å². The molecule has 0 aromatic carbocycles. The molecule has 0 aliphatic carbocycles. The van der Waals surface area contributed by atoms with Gasteiger partial charge in [0.15, 0.2) is 0 Å². The second kappa shape index (κ2) is 3.10. The Morgan fingerprint density at radius 3 is 3.00 bits per heavy atom. The molecular formula is C9H11N3O2S. The lowest BCUT2D eigenvalue weighted by Crippen LogP contribution is -2.29. The highest BCUT2D eigenvalue weighted by molar-refractivity contribution is 7.85. The van der Waals surface area contributed by atoms with E-state index in [4.69, 9.17) is 0 Å².